The van der Waals surface area contributed by atoms with Crippen molar-refractivity contribution in [2.24, 2.45) is 0 Å². The van der Waals surface area contributed by atoms with E-state index >= 15 is 0 Å². The van der Waals surface area contributed by atoms with Gasteiger partial charge in [0.05, 0.1) is 11.4 Å². The number of hydrogen-bond acceptors (Lipinski definition) is 4. The molecule has 0 spiro atoms. The first-order valence-corrected chi connectivity index (χ1v) is 7.07. The van der Waals surface area contributed by atoms with Gasteiger partial charge in [-0.25, -0.2) is 8.42 Å². The summed E-state index contributed by atoms with van der Waals surface area (Å²) in [6, 6.07) is 0. The standard InChI is InChI=1S/C8H10Cl2N2O2S/c1-5-6(2)11-12-8(9)7(5)3-4-15(10,13)14/h3-4H2,1-2H3. The van der Waals surface area contributed by atoms with Crippen LogP contribution in [0.25, 0.3) is 0 Å². The van der Waals surface area contributed by atoms with Gasteiger partial charge in [-0.2, -0.15) is 5.10 Å². The van der Waals surface area contributed by atoms with Crippen molar-refractivity contribution in [3.63, 3.8) is 0 Å². The van der Waals surface area contributed by atoms with E-state index in [0.29, 0.717) is 5.56 Å². The van der Waals surface area contributed by atoms with Crippen molar-refractivity contribution in [1.29, 1.82) is 0 Å². The molecule has 84 valence electrons. The second-order valence-corrected chi connectivity index (χ2v) is 6.43. The second kappa shape index (κ2) is 4.63. The van der Waals surface area contributed by atoms with Crippen LogP contribution in [0.1, 0.15) is 16.8 Å². The summed E-state index contributed by atoms with van der Waals surface area (Å²) in [7, 11) is 1.62. The van der Waals surface area contributed by atoms with Gasteiger partial charge in [-0.15, -0.1) is 5.10 Å². The molecule has 0 saturated heterocycles. The topological polar surface area (TPSA) is 59.9 Å². The molecule has 15 heavy (non-hydrogen) atoms. The van der Waals surface area contributed by atoms with E-state index in [4.69, 9.17) is 22.3 Å². The summed E-state index contributed by atoms with van der Waals surface area (Å²) in [6.45, 7) is 3.61. The van der Waals surface area contributed by atoms with Gasteiger partial charge in [-0.3, -0.25) is 0 Å². The summed E-state index contributed by atoms with van der Waals surface area (Å²) in [5.41, 5.74) is 2.28. The average molecular weight is 269 g/mol. The summed E-state index contributed by atoms with van der Waals surface area (Å²) in [6.07, 6.45) is 0.257. The Morgan fingerprint density at radius 1 is 1.27 bits per heavy atom. The first kappa shape index (κ1) is 12.7. The number of hydrogen-bond donors (Lipinski definition) is 0. The highest BCUT2D eigenvalue weighted by atomic mass is 35.7. The van der Waals surface area contributed by atoms with E-state index < -0.39 is 9.05 Å². The molecule has 0 N–H and O–H groups in total. The van der Waals surface area contributed by atoms with Crippen LogP contribution in [-0.4, -0.2) is 24.4 Å². The van der Waals surface area contributed by atoms with Crippen molar-refractivity contribution in [3.8, 4) is 0 Å². The van der Waals surface area contributed by atoms with E-state index in [0.717, 1.165) is 11.3 Å². The maximum atomic E-state index is 10.8. The fraction of sp³-hybridized carbons (Fsp3) is 0.500. The normalized spacial score (nSPS) is 11.7. The Kier molecular flexibility index (Phi) is 3.92. The number of halogens is 2. The largest absolute Gasteiger partial charge is 0.232 e. The van der Waals surface area contributed by atoms with Gasteiger partial charge in [-0.05, 0) is 31.4 Å². The van der Waals surface area contributed by atoms with Crippen LogP contribution in [0.3, 0.4) is 0 Å². The summed E-state index contributed by atoms with van der Waals surface area (Å²) in [4.78, 5) is 0. The molecule has 1 aromatic rings. The Bertz CT molecular complexity index is 474. The van der Waals surface area contributed by atoms with Crippen molar-refractivity contribution in [1.82, 2.24) is 10.2 Å². The Balaban J connectivity index is 2.99. The highest BCUT2D eigenvalue weighted by Crippen LogP contribution is 2.19. The molecule has 4 nitrogen and oxygen atoms in total. The van der Waals surface area contributed by atoms with E-state index in [1.54, 1.807) is 6.92 Å². The molecular formula is C8H10Cl2N2O2S. The van der Waals surface area contributed by atoms with Crippen LogP contribution in [0.5, 0.6) is 0 Å². The fourth-order valence-corrected chi connectivity index (χ4v) is 2.10. The smallest absolute Gasteiger partial charge is 0.212 e. The molecule has 0 fully saturated rings. The van der Waals surface area contributed by atoms with Gasteiger partial charge in [-0.1, -0.05) is 11.6 Å². The molecule has 0 aromatic carbocycles. The van der Waals surface area contributed by atoms with Crippen molar-refractivity contribution < 1.29 is 8.42 Å². The van der Waals surface area contributed by atoms with Gasteiger partial charge in [0.1, 0.15) is 0 Å². The first-order valence-electron chi connectivity index (χ1n) is 4.22. The summed E-state index contributed by atoms with van der Waals surface area (Å²) >= 11 is 5.82. The lowest BCUT2D eigenvalue weighted by Crippen LogP contribution is -2.06. The predicted molar refractivity (Wildman–Crippen MR) is 59.9 cm³/mol. The predicted octanol–water partition coefficient (Wildman–Crippen LogP) is 1.86. The third-order valence-corrected chi connectivity index (χ3v) is 3.59. The third kappa shape index (κ3) is 3.59. The molecule has 1 heterocycles. The molecule has 0 amide bonds. The summed E-state index contributed by atoms with van der Waals surface area (Å²) in [5.74, 6) is -0.153. The molecule has 0 radical (unpaired) electrons. The zero-order valence-electron chi connectivity index (χ0n) is 8.29. The molecule has 0 aliphatic rings. The van der Waals surface area contributed by atoms with Crippen molar-refractivity contribution in [2.75, 3.05) is 5.75 Å². The number of aryl methyl sites for hydroxylation is 1. The molecular weight excluding hydrogens is 259 g/mol. The minimum absolute atomic E-state index is 0.153. The minimum atomic E-state index is -3.50. The molecule has 1 aromatic heterocycles. The van der Waals surface area contributed by atoms with Gasteiger partial charge in [0.15, 0.2) is 5.15 Å². The number of nitrogens with zero attached hydrogens (tertiary/aromatic N) is 2. The van der Waals surface area contributed by atoms with Gasteiger partial charge < -0.3 is 0 Å². The van der Waals surface area contributed by atoms with Gasteiger partial charge in [0.2, 0.25) is 9.05 Å². The van der Waals surface area contributed by atoms with Gasteiger partial charge in [0.25, 0.3) is 0 Å². The maximum Gasteiger partial charge on any atom is 0.232 e. The third-order valence-electron chi connectivity index (χ3n) is 2.13. The van der Waals surface area contributed by atoms with Gasteiger partial charge >= 0.3 is 0 Å². The van der Waals surface area contributed by atoms with E-state index in [2.05, 4.69) is 10.2 Å². The quantitative estimate of drug-likeness (QED) is 0.786. The Morgan fingerprint density at radius 3 is 2.40 bits per heavy atom. The van der Waals surface area contributed by atoms with Crippen LogP contribution < -0.4 is 0 Å². The van der Waals surface area contributed by atoms with Gasteiger partial charge in [0, 0.05) is 10.7 Å². The zero-order valence-corrected chi connectivity index (χ0v) is 10.6. The van der Waals surface area contributed by atoms with Crippen LogP contribution in [0.15, 0.2) is 0 Å². The molecule has 1 rings (SSSR count). The zero-order chi connectivity index (χ0) is 11.6. The highest BCUT2D eigenvalue weighted by Gasteiger charge is 2.13. The van der Waals surface area contributed by atoms with Crippen molar-refractivity contribution in [3.05, 3.63) is 22.0 Å². The van der Waals surface area contributed by atoms with E-state index in [1.165, 1.54) is 0 Å². The van der Waals surface area contributed by atoms with E-state index in [9.17, 15) is 8.42 Å². The van der Waals surface area contributed by atoms with Crippen LogP contribution in [0.4, 0.5) is 0 Å². The fourth-order valence-electron chi connectivity index (χ4n) is 1.14. The molecule has 0 aliphatic carbocycles. The Hall–Kier alpha value is -0.390. The van der Waals surface area contributed by atoms with Crippen LogP contribution in [0.2, 0.25) is 5.15 Å². The first-order chi connectivity index (χ1) is 6.81. The average Bonchev–Trinajstić information content (AvgIpc) is 2.10. The van der Waals surface area contributed by atoms with Crippen molar-refractivity contribution >= 4 is 31.3 Å². The molecule has 0 unspecified atom stereocenters. The van der Waals surface area contributed by atoms with Crippen molar-refractivity contribution in [2.45, 2.75) is 20.3 Å². The number of aromatic nitrogens is 2. The Labute approximate surface area is 98.0 Å². The monoisotopic (exact) mass is 268 g/mol. The molecule has 0 atom stereocenters. The molecule has 0 saturated carbocycles. The second-order valence-electron chi connectivity index (χ2n) is 3.17. The van der Waals surface area contributed by atoms with E-state index in [1.807, 2.05) is 6.92 Å². The molecule has 0 aliphatic heterocycles. The number of rotatable bonds is 3. The SMILES string of the molecule is Cc1nnc(Cl)c(CCS(=O)(=O)Cl)c1C. The minimum Gasteiger partial charge on any atom is -0.212 e. The summed E-state index contributed by atoms with van der Waals surface area (Å²) < 4.78 is 21.6. The lowest BCUT2D eigenvalue weighted by molar-refractivity contribution is 0.608. The lowest BCUT2D eigenvalue weighted by atomic mass is 10.1. The lowest BCUT2D eigenvalue weighted by Gasteiger charge is -2.07. The maximum absolute atomic E-state index is 10.8. The van der Waals surface area contributed by atoms with Crippen LogP contribution in [0, 0.1) is 13.8 Å². The van der Waals surface area contributed by atoms with Crippen LogP contribution in [-0.2, 0) is 15.5 Å². The van der Waals surface area contributed by atoms with Crippen LogP contribution >= 0.6 is 22.3 Å². The Morgan fingerprint density at radius 2 is 1.87 bits per heavy atom. The molecule has 7 heteroatoms. The molecule has 0 bridgehead atoms. The van der Waals surface area contributed by atoms with E-state index in [-0.39, 0.29) is 17.3 Å². The summed E-state index contributed by atoms with van der Waals surface area (Å²) in [5, 5.41) is 7.77. The highest BCUT2D eigenvalue weighted by molar-refractivity contribution is 8.13.